The standard InChI is InChI=1S/C120H130O21Si/c1-5-71-123-112-113(140-118-115(133-82-95-63-37-15-38-64-95)107(128-77-90-53-27-10-28-54-90)104(125-74-87-47-21-7-22-48-87)100(138-118)84-135-117-102(122)106(127-76-89-51-25-9-26-52-89)103(99(72-121)137-117)124-73-86-45-19-6-20-46-86)110(131-80-93-59-33-13-34-60-93)109(130-79-92-57-31-12-32-58-92)111(132-81-94-61-35-14-36-62-94)114(112)141-119-116(134-83-96-65-39-16-40-66-96)108(129-78-91-55-29-11-30-56-91)105(126-75-88-49-23-8-24-50-88)101(139-119)85-136-142(120(2,3)4,97-67-41-17-42-68-97)98-69-43-18-44-70-98/h5-70,99-119,121-122H,1,71-85H2,2-4H3/t99-,100-,101-,102+,103-,104-,105-,106-,107+,108+,109?,110+,111-,112+,113-,114-,115+,116+,117+,118-,119-/m1/s1. The maximum Gasteiger partial charge on any atom is 0.261 e. The number of rotatable bonds is 49. The monoisotopic (exact) mass is 1930 g/mol. The van der Waals surface area contributed by atoms with Crippen LogP contribution in [0.3, 0.4) is 0 Å². The Balaban J connectivity index is 0.843. The third kappa shape index (κ3) is 27.3. The van der Waals surface area contributed by atoms with Gasteiger partial charge in [0.15, 0.2) is 18.9 Å². The molecule has 3 saturated heterocycles. The van der Waals surface area contributed by atoms with Crippen LogP contribution in [0.25, 0.3) is 0 Å². The first kappa shape index (κ1) is 102. The van der Waals surface area contributed by atoms with Crippen LogP contribution in [0.15, 0.2) is 407 Å². The van der Waals surface area contributed by atoms with Gasteiger partial charge < -0.3 is 99.9 Å². The van der Waals surface area contributed by atoms with Gasteiger partial charge in [-0.05, 0) is 76.6 Å². The highest BCUT2D eigenvalue weighted by Gasteiger charge is 2.62. The van der Waals surface area contributed by atoms with E-state index in [9.17, 15) is 10.2 Å². The minimum atomic E-state index is -3.45. The lowest BCUT2D eigenvalue weighted by Crippen LogP contribution is -2.71. The molecule has 21 nitrogen and oxygen atoms in total. The molecule has 0 amide bonds. The first-order valence-corrected chi connectivity index (χ1v) is 51.2. The van der Waals surface area contributed by atoms with Crippen molar-refractivity contribution in [2.45, 2.75) is 227 Å². The highest BCUT2D eigenvalue weighted by molar-refractivity contribution is 6.99. The van der Waals surface area contributed by atoms with Crippen molar-refractivity contribution in [1.82, 2.24) is 0 Å². The molecule has 3 heterocycles. The Labute approximate surface area is 835 Å². The van der Waals surface area contributed by atoms with Gasteiger partial charge in [-0.15, -0.1) is 6.58 Å². The van der Waals surface area contributed by atoms with Crippen molar-refractivity contribution >= 4 is 18.7 Å². The Hall–Kier alpha value is -11.0. The van der Waals surface area contributed by atoms with Gasteiger partial charge in [-0.1, -0.05) is 421 Å². The van der Waals surface area contributed by atoms with Crippen LogP contribution in [0.5, 0.6) is 0 Å². The summed E-state index contributed by atoms with van der Waals surface area (Å²) >= 11 is 0. The van der Waals surface area contributed by atoms with Crippen LogP contribution in [-0.4, -0.2) is 174 Å². The summed E-state index contributed by atoms with van der Waals surface area (Å²) in [6.45, 7) is 10.8. The summed E-state index contributed by atoms with van der Waals surface area (Å²) < 4.78 is 144. The van der Waals surface area contributed by atoms with Gasteiger partial charge in [0.25, 0.3) is 8.32 Å². The van der Waals surface area contributed by atoms with Gasteiger partial charge in [-0.25, -0.2) is 0 Å². The Bertz CT molecular complexity index is 5700. The summed E-state index contributed by atoms with van der Waals surface area (Å²) in [7, 11) is -3.45. The van der Waals surface area contributed by atoms with Crippen LogP contribution >= 0.6 is 0 Å². The SMILES string of the molecule is C=CCO[C@@H]1[C@H](O[C@H]2O[C@H](CO[Si](c3ccccc3)(c3ccccc3)C(C)(C)C)[C@@H](OCc3ccccc3)[C@H](OCc3ccccc3)[C@@H]2OCc2ccccc2)[C@H](OCc2ccccc2)C(OCc2ccccc2)[C@H](OCc2ccccc2)[C@H]1O[C@H]1O[C@H](CO[C@H]2O[C@H](CO)[C@@H](OCc3ccccc3)[C@H](OCc3ccccc3)[C@@H]2O)[C@@H](OCc2ccccc2)[C@H](OCc2ccccc2)[C@@H]1OCc1ccccc1. The topological polar surface area (TPSA) is 216 Å². The van der Waals surface area contributed by atoms with Crippen molar-refractivity contribution in [3.8, 4) is 0 Å². The molecule has 4 fully saturated rings. The van der Waals surface area contributed by atoms with E-state index in [0.717, 1.165) is 71.6 Å². The quantitative estimate of drug-likeness (QED) is 0.0268. The predicted octanol–water partition coefficient (Wildman–Crippen LogP) is 18.9. The molecular weight excluding hydrogens is 1810 g/mol. The molecule has 13 aromatic rings. The average Bonchev–Trinajstić information content (AvgIpc) is 0.759. The van der Waals surface area contributed by atoms with Crippen molar-refractivity contribution in [2.24, 2.45) is 0 Å². The second-order valence-electron chi connectivity index (χ2n) is 37.3. The van der Waals surface area contributed by atoms with Gasteiger partial charge in [-0.3, -0.25) is 0 Å². The maximum atomic E-state index is 13.1. The van der Waals surface area contributed by atoms with E-state index in [-0.39, 0.29) is 92.5 Å². The number of aliphatic hydroxyl groups excluding tert-OH is 2. The van der Waals surface area contributed by atoms with E-state index >= 15 is 0 Å². The van der Waals surface area contributed by atoms with E-state index in [0.29, 0.717) is 0 Å². The minimum absolute atomic E-state index is 0.0154. The van der Waals surface area contributed by atoms with Gasteiger partial charge in [-0.2, -0.15) is 0 Å². The Morgan fingerprint density at radius 2 is 0.458 bits per heavy atom. The smallest absolute Gasteiger partial charge is 0.261 e. The van der Waals surface area contributed by atoms with Gasteiger partial charge >= 0.3 is 0 Å². The van der Waals surface area contributed by atoms with Gasteiger partial charge in [0, 0.05) is 0 Å². The molecule has 17 rings (SSSR count). The molecule has 1 saturated carbocycles. The third-order valence-electron chi connectivity index (χ3n) is 26.4. The van der Waals surface area contributed by atoms with E-state index in [4.69, 9.17) is 89.7 Å². The number of hydrogen-bond donors (Lipinski definition) is 2. The molecule has 0 spiro atoms. The predicted molar refractivity (Wildman–Crippen MR) is 543 cm³/mol. The highest BCUT2D eigenvalue weighted by atomic mass is 28.4. The molecule has 13 aromatic carbocycles. The fourth-order valence-corrected chi connectivity index (χ4v) is 23.8. The molecule has 22 heteroatoms. The van der Waals surface area contributed by atoms with Crippen LogP contribution in [0.2, 0.25) is 5.04 Å². The fraction of sp³-hybridized carbons (Fsp3) is 0.333. The first-order valence-electron chi connectivity index (χ1n) is 49.3. The third-order valence-corrected chi connectivity index (χ3v) is 31.4. The van der Waals surface area contributed by atoms with Crippen LogP contribution in [0.4, 0.5) is 0 Å². The number of aliphatic hydroxyl groups is 2. The lowest BCUT2D eigenvalue weighted by atomic mass is 9.83. The van der Waals surface area contributed by atoms with E-state index < -0.39 is 149 Å². The molecule has 142 heavy (non-hydrogen) atoms. The second kappa shape index (κ2) is 52.5. The molecule has 21 atom stereocenters. The van der Waals surface area contributed by atoms with Crippen LogP contribution in [0.1, 0.15) is 82.0 Å². The van der Waals surface area contributed by atoms with Crippen molar-refractivity contribution in [3.05, 3.63) is 468 Å². The lowest BCUT2D eigenvalue weighted by molar-refractivity contribution is -0.385. The molecule has 0 aromatic heterocycles. The summed E-state index contributed by atoms with van der Waals surface area (Å²) in [6, 6.07) is 130. The number of benzene rings is 13. The van der Waals surface area contributed by atoms with E-state index in [1.165, 1.54) is 0 Å². The molecule has 1 unspecified atom stereocenters. The molecule has 0 bridgehead atoms. The van der Waals surface area contributed by atoms with Crippen molar-refractivity contribution in [1.29, 1.82) is 0 Å². The second-order valence-corrected chi connectivity index (χ2v) is 41.6. The summed E-state index contributed by atoms with van der Waals surface area (Å²) in [5.74, 6) is 0. The van der Waals surface area contributed by atoms with Crippen molar-refractivity contribution in [2.75, 3.05) is 26.4 Å². The van der Waals surface area contributed by atoms with Gasteiger partial charge in [0.05, 0.1) is 99.1 Å². The van der Waals surface area contributed by atoms with Crippen LogP contribution in [0, 0.1) is 0 Å². The largest absolute Gasteiger partial charge is 0.405 e. The molecular formula is C120H130O21Si. The first-order chi connectivity index (χ1) is 69.9. The highest BCUT2D eigenvalue weighted by Crippen LogP contribution is 2.45. The van der Waals surface area contributed by atoms with E-state index in [1.54, 1.807) is 6.08 Å². The molecule has 0 radical (unpaired) electrons. The number of ether oxygens (including phenoxy) is 18. The van der Waals surface area contributed by atoms with Crippen molar-refractivity contribution in [3.63, 3.8) is 0 Å². The molecule has 1 aliphatic carbocycles. The van der Waals surface area contributed by atoms with Crippen LogP contribution in [-0.2, 0) is 162 Å². The lowest BCUT2D eigenvalue weighted by Gasteiger charge is -2.54. The zero-order chi connectivity index (χ0) is 97.3. The number of hydrogen-bond acceptors (Lipinski definition) is 21. The Morgan fingerprint density at radius 1 is 0.246 bits per heavy atom. The zero-order valence-corrected chi connectivity index (χ0v) is 81.7. The summed E-state index contributed by atoms with van der Waals surface area (Å²) in [6.07, 6.45) is -23.9. The molecule has 3 aliphatic heterocycles. The Kier molecular flexibility index (Phi) is 37.9. The Morgan fingerprint density at radius 3 is 0.718 bits per heavy atom. The maximum absolute atomic E-state index is 13.1. The molecule has 2 N–H and O–H groups in total. The van der Waals surface area contributed by atoms with Crippen molar-refractivity contribution < 1.29 is 99.9 Å². The summed E-state index contributed by atoms with van der Waals surface area (Å²) in [5.41, 5.74) is 9.41. The summed E-state index contributed by atoms with van der Waals surface area (Å²) in [4.78, 5) is 0. The normalized spacial score (nSPS) is 25.3. The van der Waals surface area contributed by atoms with Gasteiger partial charge in [0.1, 0.15) is 110 Å². The van der Waals surface area contributed by atoms with E-state index in [1.807, 2.05) is 346 Å². The molecule has 740 valence electrons. The van der Waals surface area contributed by atoms with Crippen LogP contribution < -0.4 is 10.4 Å². The van der Waals surface area contributed by atoms with E-state index in [2.05, 4.69) is 75.9 Å². The van der Waals surface area contributed by atoms with Gasteiger partial charge in [0.2, 0.25) is 0 Å². The fourth-order valence-electron chi connectivity index (χ4n) is 19.2. The zero-order valence-electron chi connectivity index (χ0n) is 80.7. The summed E-state index contributed by atoms with van der Waals surface area (Å²) in [5, 5.41) is 26.3. The average molecular weight is 1940 g/mol. The minimum Gasteiger partial charge on any atom is -0.405 e. The molecule has 4 aliphatic rings.